The quantitative estimate of drug-likeness (QED) is 0.774. The molecular weight excluding hydrogens is 242 g/mol. The zero-order valence-electron chi connectivity index (χ0n) is 11.2. The van der Waals surface area contributed by atoms with Crippen molar-refractivity contribution in [1.29, 1.82) is 0 Å². The molecule has 19 heavy (non-hydrogen) atoms. The molecule has 0 bridgehead atoms. The van der Waals surface area contributed by atoms with E-state index in [1.165, 1.54) is 6.92 Å². The number of rotatable bonds is 3. The molecule has 0 radical (unpaired) electrons. The average molecular weight is 261 g/mol. The van der Waals surface area contributed by atoms with Gasteiger partial charge in [0.25, 0.3) is 0 Å². The molecule has 5 nitrogen and oxygen atoms in total. The summed E-state index contributed by atoms with van der Waals surface area (Å²) in [6.45, 7) is 4.27. The second-order valence-electron chi connectivity index (χ2n) is 4.85. The predicted octanol–water partition coefficient (Wildman–Crippen LogP) is 1.64. The van der Waals surface area contributed by atoms with Gasteiger partial charge in [0.2, 0.25) is 11.8 Å². The van der Waals surface area contributed by atoms with Crippen LogP contribution in [0.1, 0.15) is 25.3 Å². The lowest BCUT2D eigenvalue weighted by Crippen LogP contribution is -2.35. The van der Waals surface area contributed by atoms with Crippen molar-refractivity contribution >= 4 is 23.2 Å². The number of hydrogen-bond donors (Lipinski definition) is 3. The fourth-order valence-electron chi connectivity index (χ4n) is 2.21. The van der Waals surface area contributed by atoms with E-state index >= 15 is 0 Å². The molecule has 2 rings (SSSR count). The number of anilines is 2. The van der Waals surface area contributed by atoms with Crippen LogP contribution in [0.4, 0.5) is 11.4 Å². The van der Waals surface area contributed by atoms with E-state index in [2.05, 4.69) is 16.0 Å². The first-order valence-corrected chi connectivity index (χ1v) is 6.49. The zero-order valence-corrected chi connectivity index (χ0v) is 11.2. The molecule has 0 aromatic heterocycles. The van der Waals surface area contributed by atoms with Gasteiger partial charge in [-0.25, -0.2) is 0 Å². The van der Waals surface area contributed by atoms with Crippen molar-refractivity contribution < 1.29 is 9.59 Å². The van der Waals surface area contributed by atoms with E-state index in [4.69, 9.17) is 0 Å². The van der Waals surface area contributed by atoms with Gasteiger partial charge in [0, 0.05) is 18.3 Å². The van der Waals surface area contributed by atoms with Crippen LogP contribution in [-0.2, 0) is 9.59 Å². The Hall–Kier alpha value is -1.88. The smallest absolute Gasteiger partial charge is 0.241 e. The predicted molar refractivity (Wildman–Crippen MR) is 75.1 cm³/mol. The summed E-state index contributed by atoms with van der Waals surface area (Å²) in [5, 5.41) is 8.80. The van der Waals surface area contributed by atoms with Gasteiger partial charge in [-0.2, -0.15) is 0 Å². The summed E-state index contributed by atoms with van der Waals surface area (Å²) in [4.78, 5) is 23.0. The zero-order chi connectivity index (χ0) is 13.8. The summed E-state index contributed by atoms with van der Waals surface area (Å²) >= 11 is 0. The number of hydrogen-bond acceptors (Lipinski definition) is 3. The molecule has 1 aliphatic rings. The van der Waals surface area contributed by atoms with Crippen molar-refractivity contribution in [3.8, 4) is 0 Å². The highest BCUT2D eigenvalue weighted by Gasteiger charge is 2.21. The Morgan fingerprint density at radius 1 is 1.32 bits per heavy atom. The van der Waals surface area contributed by atoms with Gasteiger partial charge in [-0.3, -0.25) is 9.59 Å². The molecule has 0 saturated carbocycles. The highest BCUT2D eigenvalue weighted by Crippen LogP contribution is 2.20. The van der Waals surface area contributed by atoms with E-state index in [0.29, 0.717) is 0 Å². The topological polar surface area (TPSA) is 70.2 Å². The Bertz CT molecular complexity index is 493. The Morgan fingerprint density at radius 3 is 2.68 bits per heavy atom. The Balaban J connectivity index is 2.03. The molecule has 1 aromatic carbocycles. The first-order valence-electron chi connectivity index (χ1n) is 6.49. The van der Waals surface area contributed by atoms with Crippen LogP contribution in [-0.4, -0.2) is 24.4 Å². The van der Waals surface area contributed by atoms with Gasteiger partial charge in [0.1, 0.15) is 0 Å². The molecule has 2 amide bonds. The standard InChI is InChI=1S/C14H19N3O2/c1-9-8-11(5-6-12(9)16-10(2)18)17-14(19)13-4-3-7-15-13/h5-6,8,13,15H,3-4,7H2,1-2H3,(H,16,18)(H,17,19). The van der Waals surface area contributed by atoms with Crippen LogP contribution in [0.15, 0.2) is 18.2 Å². The Kier molecular flexibility index (Phi) is 4.16. The van der Waals surface area contributed by atoms with Crippen LogP contribution >= 0.6 is 0 Å². The third-order valence-electron chi connectivity index (χ3n) is 3.18. The Labute approximate surface area is 112 Å². The number of carbonyl (C=O) groups excluding carboxylic acids is 2. The van der Waals surface area contributed by atoms with E-state index in [1.807, 2.05) is 13.0 Å². The third kappa shape index (κ3) is 3.54. The van der Waals surface area contributed by atoms with E-state index in [0.717, 1.165) is 36.3 Å². The fourth-order valence-corrected chi connectivity index (χ4v) is 2.21. The van der Waals surface area contributed by atoms with E-state index in [9.17, 15) is 9.59 Å². The highest BCUT2D eigenvalue weighted by molar-refractivity contribution is 5.96. The number of carbonyl (C=O) groups is 2. The summed E-state index contributed by atoms with van der Waals surface area (Å²) in [6, 6.07) is 5.37. The van der Waals surface area contributed by atoms with Gasteiger partial charge in [0.15, 0.2) is 0 Å². The monoisotopic (exact) mass is 261 g/mol. The minimum atomic E-state index is -0.102. The maximum Gasteiger partial charge on any atom is 0.241 e. The second kappa shape index (κ2) is 5.84. The average Bonchev–Trinajstić information content (AvgIpc) is 2.86. The van der Waals surface area contributed by atoms with Crippen molar-refractivity contribution in [2.24, 2.45) is 0 Å². The summed E-state index contributed by atoms with van der Waals surface area (Å²) in [5.74, 6) is -0.0979. The molecule has 1 heterocycles. The number of nitrogens with one attached hydrogen (secondary N) is 3. The summed E-state index contributed by atoms with van der Waals surface area (Å²) in [5.41, 5.74) is 2.45. The molecule has 0 aliphatic carbocycles. The molecule has 1 fully saturated rings. The lowest BCUT2D eigenvalue weighted by atomic mass is 10.1. The van der Waals surface area contributed by atoms with E-state index in [1.54, 1.807) is 12.1 Å². The largest absolute Gasteiger partial charge is 0.326 e. The minimum Gasteiger partial charge on any atom is -0.326 e. The molecule has 1 unspecified atom stereocenters. The number of amides is 2. The van der Waals surface area contributed by atoms with Gasteiger partial charge in [-0.05, 0) is 50.1 Å². The first kappa shape index (κ1) is 13.5. The summed E-state index contributed by atoms with van der Waals surface area (Å²) in [6.07, 6.45) is 1.92. The van der Waals surface area contributed by atoms with Gasteiger partial charge < -0.3 is 16.0 Å². The maximum atomic E-state index is 11.9. The van der Waals surface area contributed by atoms with Crippen molar-refractivity contribution in [2.45, 2.75) is 32.7 Å². The fraction of sp³-hybridized carbons (Fsp3) is 0.429. The molecule has 0 spiro atoms. The maximum absolute atomic E-state index is 11.9. The van der Waals surface area contributed by atoms with E-state index in [-0.39, 0.29) is 17.9 Å². The highest BCUT2D eigenvalue weighted by atomic mass is 16.2. The molecule has 1 atom stereocenters. The second-order valence-corrected chi connectivity index (χ2v) is 4.85. The SMILES string of the molecule is CC(=O)Nc1ccc(NC(=O)C2CCCN2)cc1C. The molecule has 1 saturated heterocycles. The summed E-state index contributed by atoms with van der Waals surface area (Å²) < 4.78 is 0. The van der Waals surface area contributed by atoms with Crippen molar-refractivity contribution in [3.05, 3.63) is 23.8 Å². The number of benzene rings is 1. The number of aryl methyl sites for hydroxylation is 1. The lowest BCUT2D eigenvalue weighted by Gasteiger charge is -2.13. The summed E-state index contributed by atoms with van der Waals surface area (Å²) in [7, 11) is 0. The van der Waals surface area contributed by atoms with Gasteiger partial charge in [-0.15, -0.1) is 0 Å². The lowest BCUT2D eigenvalue weighted by molar-refractivity contribution is -0.118. The normalized spacial score (nSPS) is 18.1. The van der Waals surface area contributed by atoms with Crippen LogP contribution < -0.4 is 16.0 Å². The van der Waals surface area contributed by atoms with Crippen LogP contribution in [0.3, 0.4) is 0 Å². The van der Waals surface area contributed by atoms with Crippen LogP contribution in [0.25, 0.3) is 0 Å². The van der Waals surface area contributed by atoms with Gasteiger partial charge in [0.05, 0.1) is 6.04 Å². The molecule has 5 heteroatoms. The van der Waals surface area contributed by atoms with Gasteiger partial charge >= 0.3 is 0 Å². The molecular formula is C14H19N3O2. The Morgan fingerprint density at radius 2 is 2.11 bits per heavy atom. The third-order valence-corrected chi connectivity index (χ3v) is 3.18. The first-order chi connectivity index (χ1) is 9.06. The minimum absolute atomic E-state index is 0.00387. The van der Waals surface area contributed by atoms with Gasteiger partial charge in [-0.1, -0.05) is 0 Å². The molecule has 1 aromatic rings. The van der Waals surface area contributed by atoms with Crippen molar-refractivity contribution in [3.63, 3.8) is 0 Å². The molecule has 3 N–H and O–H groups in total. The van der Waals surface area contributed by atoms with Crippen LogP contribution in [0.2, 0.25) is 0 Å². The molecule has 102 valence electrons. The molecule has 1 aliphatic heterocycles. The van der Waals surface area contributed by atoms with E-state index < -0.39 is 0 Å². The van der Waals surface area contributed by atoms with Crippen molar-refractivity contribution in [2.75, 3.05) is 17.2 Å². The van der Waals surface area contributed by atoms with Crippen molar-refractivity contribution in [1.82, 2.24) is 5.32 Å². The van der Waals surface area contributed by atoms with Crippen LogP contribution in [0.5, 0.6) is 0 Å². The van der Waals surface area contributed by atoms with Crippen LogP contribution in [0, 0.1) is 6.92 Å².